The van der Waals surface area contributed by atoms with Gasteiger partial charge in [-0.25, -0.2) is 0 Å². The Balaban J connectivity index is 1.89. The molecule has 1 heterocycles. The first-order valence-corrected chi connectivity index (χ1v) is 13.0. The molecule has 0 bridgehead atoms. The highest BCUT2D eigenvalue weighted by Crippen LogP contribution is 2.37. The maximum atomic E-state index is 12.9. The molecule has 0 aliphatic carbocycles. The van der Waals surface area contributed by atoms with Gasteiger partial charge in [-0.2, -0.15) is 5.26 Å². The van der Waals surface area contributed by atoms with E-state index in [9.17, 15) is 19.6 Å². The van der Waals surface area contributed by atoms with E-state index in [4.69, 9.17) is 4.74 Å². The van der Waals surface area contributed by atoms with Crippen molar-refractivity contribution in [2.75, 3.05) is 43.9 Å². The number of carbonyl (C=O) groups is 3. The minimum atomic E-state index is -0.885. The Morgan fingerprint density at radius 3 is 2.63 bits per heavy atom. The van der Waals surface area contributed by atoms with E-state index >= 15 is 0 Å². The standard InChI is InChI=1S/C25H37N5O4S/c1-6-30-23(13-18(15-26)25(33)34-7-2)35-21(24(30)32)11-12-27-19-9-8-10-20(14-19)28-22(31)16-29(5)17(3)4/h8-10,14,17-18,21,23,27H,6-7,11-13,16H2,1-5H3,(H,28,31). The minimum absolute atomic E-state index is 0.0279. The molecule has 2 N–H and O–H groups in total. The van der Waals surface area contributed by atoms with E-state index in [1.165, 1.54) is 11.8 Å². The predicted molar refractivity (Wildman–Crippen MR) is 139 cm³/mol. The molecule has 0 spiro atoms. The van der Waals surface area contributed by atoms with E-state index in [0.29, 0.717) is 31.7 Å². The molecule has 0 radical (unpaired) electrons. The quantitative estimate of drug-likeness (QED) is 0.395. The predicted octanol–water partition coefficient (Wildman–Crippen LogP) is 3.15. The molecule has 1 aliphatic heterocycles. The molecule has 1 aliphatic rings. The molecule has 1 aromatic rings. The van der Waals surface area contributed by atoms with Crippen molar-refractivity contribution in [1.82, 2.24) is 9.80 Å². The Labute approximate surface area is 212 Å². The fraction of sp³-hybridized carbons (Fsp3) is 0.600. The van der Waals surface area contributed by atoms with Gasteiger partial charge < -0.3 is 20.3 Å². The van der Waals surface area contributed by atoms with Crippen LogP contribution in [0.4, 0.5) is 11.4 Å². The first-order valence-electron chi connectivity index (χ1n) is 12.1. The zero-order chi connectivity index (χ0) is 26.0. The van der Waals surface area contributed by atoms with E-state index in [2.05, 4.69) is 10.6 Å². The molecule has 0 saturated carbocycles. The van der Waals surface area contributed by atoms with Crippen LogP contribution in [0.1, 0.15) is 40.5 Å². The third kappa shape index (κ3) is 8.44. The number of anilines is 2. The lowest BCUT2D eigenvalue weighted by Crippen LogP contribution is -2.36. The number of benzene rings is 1. The molecular weight excluding hydrogens is 466 g/mol. The van der Waals surface area contributed by atoms with E-state index in [1.54, 1.807) is 11.8 Å². The number of likely N-dealkylation sites (N-methyl/N-ethyl adjacent to an activating group) is 1. The molecule has 10 heteroatoms. The second-order valence-electron chi connectivity index (χ2n) is 8.73. The van der Waals surface area contributed by atoms with Gasteiger partial charge in [-0.3, -0.25) is 19.3 Å². The second kappa shape index (κ2) is 14.0. The molecule has 1 fully saturated rings. The Morgan fingerprint density at radius 2 is 2.00 bits per heavy atom. The number of thioether (sulfide) groups is 1. The van der Waals surface area contributed by atoms with Gasteiger partial charge in [-0.1, -0.05) is 6.07 Å². The van der Waals surface area contributed by atoms with Crippen LogP contribution >= 0.6 is 11.8 Å². The van der Waals surface area contributed by atoms with E-state index in [-0.39, 0.29) is 41.5 Å². The summed E-state index contributed by atoms with van der Waals surface area (Å²) in [6.45, 7) is 9.31. The fourth-order valence-corrected chi connectivity index (χ4v) is 5.28. The lowest BCUT2D eigenvalue weighted by molar-refractivity contribution is -0.146. The topological polar surface area (TPSA) is 115 Å². The summed E-state index contributed by atoms with van der Waals surface area (Å²) >= 11 is 1.50. The van der Waals surface area contributed by atoms with Crippen LogP contribution < -0.4 is 10.6 Å². The average Bonchev–Trinajstić information content (AvgIpc) is 3.11. The molecular formula is C25H37N5O4S. The van der Waals surface area contributed by atoms with Crippen LogP contribution in [-0.4, -0.2) is 77.5 Å². The molecule has 2 rings (SSSR count). The molecule has 2 amide bonds. The lowest BCUT2D eigenvalue weighted by atomic mass is 10.1. The Hall–Kier alpha value is -2.77. The number of hydrogen-bond donors (Lipinski definition) is 2. The van der Waals surface area contributed by atoms with Crippen LogP contribution in [0.3, 0.4) is 0 Å². The van der Waals surface area contributed by atoms with Gasteiger partial charge in [0.2, 0.25) is 11.8 Å². The maximum Gasteiger partial charge on any atom is 0.323 e. The summed E-state index contributed by atoms with van der Waals surface area (Å²) in [5.41, 5.74) is 1.56. The fourth-order valence-electron chi connectivity index (χ4n) is 3.69. The van der Waals surface area contributed by atoms with Gasteiger partial charge in [0.05, 0.1) is 29.8 Å². The van der Waals surface area contributed by atoms with E-state index < -0.39 is 11.9 Å². The highest BCUT2D eigenvalue weighted by Gasteiger charge is 2.41. The molecule has 3 unspecified atom stereocenters. The molecule has 0 aromatic heterocycles. The van der Waals surface area contributed by atoms with Crippen LogP contribution in [0, 0.1) is 17.2 Å². The summed E-state index contributed by atoms with van der Waals surface area (Å²) in [7, 11) is 1.91. The SMILES string of the molecule is CCOC(=O)C(C#N)CC1SC(CCNc2cccc(NC(=O)CN(C)C(C)C)c2)C(=O)N1CC. The van der Waals surface area contributed by atoms with E-state index in [0.717, 1.165) is 5.69 Å². The Bertz CT molecular complexity index is 919. The maximum absolute atomic E-state index is 12.9. The van der Waals surface area contributed by atoms with Crippen molar-refractivity contribution in [2.45, 2.75) is 57.2 Å². The first-order chi connectivity index (χ1) is 16.7. The van der Waals surface area contributed by atoms with Gasteiger partial charge in [0.1, 0.15) is 5.92 Å². The van der Waals surface area contributed by atoms with Crippen LogP contribution in [-0.2, 0) is 19.1 Å². The van der Waals surface area contributed by atoms with Crippen molar-refractivity contribution in [3.8, 4) is 6.07 Å². The number of rotatable bonds is 13. The zero-order valence-corrected chi connectivity index (χ0v) is 22.1. The number of nitriles is 1. The number of ether oxygens (including phenoxy) is 1. The summed E-state index contributed by atoms with van der Waals surface area (Å²) in [5.74, 6) is -1.47. The average molecular weight is 504 g/mol. The summed E-state index contributed by atoms with van der Waals surface area (Å²) < 4.78 is 4.99. The van der Waals surface area contributed by atoms with Crippen LogP contribution in [0.15, 0.2) is 24.3 Å². The van der Waals surface area contributed by atoms with Crippen LogP contribution in [0.2, 0.25) is 0 Å². The molecule has 1 aromatic carbocycles. The minimum Gasteiger partial charge on any atom is -0.465 e. The van der Waals surface area contributed by atoms with Crippen molar-refractivity contribution in [3.05, 3.63) is 24.3 Å². The second-order valence-corrected chi connectivity index (χ2v) is 10.1. The summed E-state index contributed by atoms with van der Waals surface area (Å²) in [6.07, 6.45) is 0.861. The van der Waals surface area contributed by atoms with Crippen LogP contribution in [0.25, 0.3) is 0 Å². The highest BCUT2D eigenvalue weighted by atomic mass is 32.2. The summed E-state index contributed by atoms with van der Waals surface area (Å²) in [5, 5.41) is 15.2. The molecule has 1 saturated heterocycles. The Morgan fingerprint density at radius 1 is 1.29 bits per heavy atom. The third-order valence-electron chi connectivity index (χ3n) is 5.89. The number of esters is 1. The van der Waals surface area contributed by atoms with E-state index in [1.807, 2.05) is 63.1 Å². The van der Waals surface area contributed by atoms with Gasteiger partial charge >= 0.3 is 5.97 Å². The largest absolute Gasteiger partial charge is 0.465 e. The van der Waals surface area contributed by atoms with Gasteiger partial charge in [0, 0.05) is 36.9 Å². The summed E-state index contributed by atoms with van der Waals surface area (Å²) in [4.78, 5) is 40.9. The van der Waals surface area contributed by atoms with Crippen molar-refractivity contribution in [3.63, 3.8) is 0 Å². The van der Waals surface area contributed by atoms with Crippen molar-refractivity contribution in [2.24, 2.45) is 5.92 Å². The number of nitrogens with one attached hydrogen (secondary N) is 2. The number of nitrogens with zero attached hydrogens (tertiary/aromatic N) is 3. The van der Waals surface area contributed by atoms with Crippen LogP contribution in [0.5, 0.6) is 0 Å². The van der Waals surface area contributed by atoms with Gasteiger partial charge in [0.15, 0.2) is 0 Å². The summed E-state index contributed by atoms with van der Waals surface area (Å²) in [6, 6.07) is 9.79. The highest BCUT2D eigenvalue weighted by molar-refractivity contribution is 8.01. The number of carbonyl (C=O) groups excluding carboxylic acids is 3. The molecule has 35 heavy (non-hydrogen) atoms. The number of amides is 2. The first kappa shape index (κ1) is 28.5. The van der Waals surface area contributed by atoms with Gasteiger partial charge in [0.25, 0.3) is 0 Å². The normalized spacial score (nSPS) is 18.5. The van der Waals surface area contributed by atoms with Crippen molar-refractivity contribution >= 4 is 40.9 Å². The molecule has 3 atom stereocenters. The van der Waals surface area contributed by atoms with Gasteiger partial charge in [-0.15, -0.1) is 11.8 Å². The van der Waals surface area contributed by atoms with Gasteiger partial charge in [-0.05, 0) is 59.4 Å². The van der Waals surface area contributed by atoms with Crippen molar-refractivity contribution < 1.29 is 19.1 Å². The lowest BCUT2D eigenvalue weighted by Gasteiger charge is -2.23. The molecule has 192 valence electrons. The molecule has 9 nitrogen and oxygen atoms in total. The number of hydrogen-bond acceptors (Lipinski definition) is 8. The Kier molecular flexibility index (Phi) is 11.3. The third-order valence-corrected chi connectivity index (χ3v) is 7.42. The zero-order valence-electron chi connectivity index (χ0n) is 21.2. The monoisotopic (exact) mass is 503 g/mol. The van der Waals surface area contributed by atoms with Crippen molar-refractivity contribution in [1.29, 1.82) is 5.26 Å². The smallest absolute Gasteiger partial charge is 0.323 e.